The maximum atomic E-state index is 9.55. The average molecular weight is 290 g/mol. The maximum absolute atomic E-state index is 9.55. The summed E-state index contributed by atoms with van der Waals surface area (Å²) in [4.78, 5) is 9.55. The molecule has 0 fully saturated rings. The standard InChI is InChI=1S/C6H11O.4CO.Fe.Na/c1-2-3-4-5-6-7;4*1-2;;/h2-5H2,1H3;;;;;;/q-1;;;;;;. The van der Waals surface area contributed by atoms with Gasteiger partial charge in [0.1, 0.15) is 0 Å². The SMILES string of the molecule is CCCCC[C-]=O.[C-]#[O+].[C-]#[O+].[C-]#[O+].[C-]#[O+].[Fe].[Na]. The van der Waals surface area contributed by atoms with Crippen molar-refractivity contribution >= 4 is 35.8 Å². The van der Waals surface area contributed by atoms with Crippen LogP contribution in [0.3, 0.4) is 0 Å². The molecule has 0 saturated heterocycles. The molecular weight excluding hydrogens is 279 g/mol. The van der Waals surface area contributed by atoms with Gasteiger partial charge >= 0.3 is 45.2 Å². The van der Waals surface area contributed by atoms with E-state index in [9.17, 15) is 4.79 Å². The molecule has 17 heavy (non-hydrogen) atoms. The summed E-state index contributed by atoms with van der Waals surface area (Å²) in [6, 6.07) is 0. The van der Waals surface area contributed by atoms with Crippen LogP contribution in [-0.2, 0) is 40.5 Å². The van der Waals surface area contributed by atoms with Gasteiger partial charge < -0.3 is 4.79 Å². The number of carbonyl (C=O) groups excluding carboxylic acids is 1. The molecule has 91 valence electrons. The van der Waals surface area contributed by atoms with Crippen molar-refractivity contribution in [3.63, 3.8) is 0 Å². The van der Waals surface area contributed by atoms with Crippen molar-refractivity contribution < 1.29 is 40.5 Å². The molecule has 0 aliphatic heterocycles. The Kier molecular flexibility index (Phi) is 357. The van der Waals surface area contributed by atoms with Crippen molar-refractivity contribution in [2.24, 2.45) is 0 Å². The number of rotatable bonds is 4. The number of unbranched alkanes of at least 4 members (excludes halogenated alkanes) is 3. The van der Waals surface area contributed by atoms with Gasteiger partial charge in [0, 0.05) is 46.6 Å². The molecule has 0 amide bonds. The van der Waals surface area contributed by atoms with E-state index in [1.54, 1.807) is 0 Å². The smallest absolute Gasteiger partial charge is 0 e. The van der Waals surface area contributed by atoms with E-state index < -0.39 is 0 Å². The third kappa shape index (κ3) is 188. The summed E-state index contributed by atoms with van der Waals surface area (Å²) in [7, 11) is 0. The van der Waals surface area contributed by atoms with E-state index >= 15 is 0 Å². The zero-order valence-electron chi connectivity index (χ0n) is 9.72. The van der Waals surface area contributed by atoms with E-state index in [4.69, 9.17) is 18.6 Å². The van der Waals surface area contributed by atoms with E-state index in [0.717, 1.165) is 12.8 Å². The van der Waals surface area contributed by atoms with E-state index in [-0.39, 0.29) is 46.6 Å². The van der Waals surface area contributed by atoms with Crippen LogP contribution in [0.15, 0.2) is 0 Å². The molecule has 0 aromatic rings. The second kappa shape index (κ2) is 140. The monoisotopic (exact) mass is 290 g/mol. The largest absolute Gasteiger partial charge is 0 e. The van der Waals surface area contributed by atoms with Crippen LogP contribution in [0.5, 0.6) is 0 Å². The van der Waals surface area contributed by atoms with Gasteiger partial charge in [-0.2, -0.15) is 6.42 Å². The molecule has 0 aliphatic carbocycles. The summed E-state index contributed by atoms with van der Waals surface area (Å²) >= 11 is 0. The summed E-state index contributed by atoms with van der Waals surface area (Å²) in [5.74, 6) is 0. The van der Waals surface area contributed by atoms with Gasteiger partial charge in [-0.1, -0.05) is 26.2 Å². The first-order valence-corrected chi connectivity index (χ1v) is 3.58. The van der Waals surface area contributed by atoms with Crippen LogP contribution < -0.4 is 0 Å². The van der Waals surface area contributed by atoms with E-state index in [2.05, 4.69) is 33.5 Å². The first kappa shape index (κ1) is 43.4. The second-order valence-corrected chi connectivity index (χ2v) is 1.60. The van der Waals surface area contributed by atoms with Crippen LogP contribution in [0.25, 0.3) is 0 Å². The van der Waals surface area contributed by atoms with Crippen LogP contribution in [0.4, 0.5) is 0 Å². The molecule has 0 saturated carbocycles. The molecule has 0 bridgehead atoms. The van der Waals surface area contributed by atoms with Gasteiger partial charge in [-0.15, -0.1) is 0 Å². The van der Waals surface area contributed by atoms with Crippen molar-refractivity contribution in [1.29, 1.82) is 0 Å². The molecule has 0 aromatic carbocycles. The normalized spacial score (nSPS) is 4.06. The van der Waals surface area contributed by atoms with Crippen LogP contribution in [-0.4, -0.2) is 35.8 Å². The average Bonchev–Trinajstić information content (AvgIpc) is 2.40. The minimum Gasteiger partial charge on any atom is 0 e. The summed E-state index contributed by atoms with van der Waals surface area (Å²) in [6.45, 7) is 20.1. The Morgan fingerprint density at radius 2 is 1.18 bits per heavy atom. The molecule has 0 heterocycles. The first-order chi connectivity index (χ1) is 7.41. The van der Waals surface area contributed by atoms with Crippen LogP contribution in [0.2, 0.25) is 0 Å². The Morgan fingerprint density at radius 3 is 1.35 bits per heavy atom. The summed E-state index contributed by atoms with van der Waals surface area (Å²) in [5.41, 5.74) is 0. The number of hydrogen-bond donors (Lipinski definition) is 0. The Balaban J connectivity index is -0.0000000173. The molecule has 1 radical (unpaired) electrons. The summed E-state index contributed by atoms with van der Waals surface area (Å²) in [6.07, 6.45) is 5.83. The Labute approximate surface area is 135 Å². The third-order valence-corrected chi connectivity index (χ3v) is 0.882. The second-order valence-electron chi connectivity index (χ2n) is 1.60. The molecule has 5 nitrogen and oxygen atoms in total. The van der Waals surface area contributed by atoms with Crippen molar-refractivity contribution in [3.8, 4) is 0 Å². The molecule has 0 aromatic heterocycles. The fourth-order valence-corrected chi connectivity index (χ4v) is 0.447. The Morgan fingerprint density at radius 1 is 0.882 bits per heavy atom. The minimum atomic E-state index is 0. The Bertz CT molecular complexity index is 141. The molecule has 0 aliphatic rings. The van der Waals surface area contributed by atoms with Gasteiger partial charge in [0.25, 0.3) is 0 Å². The van der Waals surface area contributed by atoms with Crippen molar-refractivity contribution in [2.75, 3.05) is 0 Å². The topological polar surface area (TPSA) is 96.7 Å². The fourth-order valence-electron chi connectivity index (χ4n) is 0.447. The zero-order chi connectivity index (χ0) is 13.5. The summed E-state index contributed by atoms with van der Waals surface area (Å²) < 4.78 is 30.0. The summed E-state index contributed by atoms with van der Waals surface area (Å²) in [5, 5.41) is 0. The van der Waals surface area contributed by atoms with Gasteiger partial charge in [-0.3, -0.25) is 6.29 Å². The van der Waals surface area contributed by atoms with Gasteiger partial charge in [-0.05, 0) is 0 Å². The molecule has 0 unspecified atom stereocenters. The van der Waals surface area contributed by atoms with Crippen LogP contribution >= 0.6 is 0 Å². The third-order valence-electron chi connectivity index (χ3n) is 0.882. The van der Waals surface area contributed by atoms with Crippen LogP contribution in [0.1, 0.15) is 32.6 Å². The molecular formula is C10H11FeNaO5-. The van der Waals surface area contributed by atoms with Crippen molar-refractivity contribution in [3.05, 3.63) is 26.6 Å². The van der Waals surface area contributed by atoms with Crippen molar-refractivity contribution in [1.82, 2.24) is 0 Å². The fraction of sp³-hybridized carbons (Fsp3) is 0.500. The van der Waals surface area contributed by atoms with E-state index in [1.165, 1.54) is 6.42 Å². The van der Waals surface area contributed by atoms with Gasteiger partial charge in [-0.25, -0.2) is 0 Å². The minimum absolute atomic E-state index is 0. The quantitative estimate of drug-likeness (QED) is 0.330. The van der Waals surface area contributed by atoms with Crippen LogP contribution in [0, 0.1) is 26.6 Å². The van der Waals surface area contributed by atoms with E-state index in [0.29, 0.717) is 6.42 Å². The number of hydrogen-bond acceptors (Lipinski definition) is 1. The maximum Gasteiger partial charge on any atom is 0 e. The zero-order valence-corrected chi connectivity index (χ0v) is 12.8. The van der Waals surface area contributed by atoms with E-state index in [1.807, 2.05) is 6.29 Å². The molecule has 0 N–H and O–H groups in total. The first-order valence-electron chi connectivity index (χ1n) is 3.58. The van der Waals surface area contributed by atoms with Gasteiger partial charge in [0.05, 0.1) is 0 Å². The van der Waals surface area contributed by atoms with Gasteiger partial charge in [0.2, 0.25) is 0 Å². The molecule has 0 rings (SSSR count). The molecule has 0 spiro atoms. The van der Waals surface area contributed by atoms with Gasteiger partial charge in [0.15, 0.2) is 0 Å². The molecule has 7 heteroatoms. The predicted octanol–water partition coefficient (Wildman–Crippen LogP) is 1.14. The Hall–Kier alpha value is 0.149. The predicted molar refractivity (Wildman–Crippen MR) is 51.3 cm³/mol. The molecule has 0 atom stereocenters. The van der Waals surface area contributed by atoms with Crippen molar-refractivity contribution in [2.45, 2.75) is 32.6 Å².